The number of hydrogen-bond acceptors (Lipinski definition) is 5. The third kappa shape index (κ3) is 3.69. The van der Waals surface area contributed by atoms with Crippen LogP contribution in [0.1, 0.15) is 11.1 Å². The molecular formula is C19H23N3O2S. The number of methoxy groups -OCH3 is 2. The molecule has 1 N–H and O–H groups in total. The Bertz CT molecular complexity index is 849. The number of fused-ring (bicyclic) bond motifs is 1. The number of nitrogens with zero attached hydrogens (tertiary/aromatic N) is 2. The number of rotatable bonds is 6. The van der Waals surface area contributed by atoms with E-state index in [9.17, 15) is 0 Å². The van der Waals surface area contributed by atoms with Gasteiger partial charge in [-0.15, -0.1) is 0 Å². The predicted octanol–water partition coefficient (Wildman–Crippen LogP) is 4.25. The second-order valence-corrected chi connectivity index (χ2v) is 7.05. The summed E-state index contributed by atoms with van der Waals surface area (Å²) in [6, 6.07) is 10.4. The number of aryl methyl sites for hydroxylation is 1. The maximum atomic E-state index is 5.35. The third-order valence-electron chi connectivity index (χ3n) is 4.05. The van der Waals surface area contributed by atoms with E-state index in [1.165, 1.54) is 16.8 Å². The lowest BCUT2D eigenvalue weighted by molar-refractivity contribution is 0.356. The lowest BCUT2D eigenvalue weighted by Gasteiger charge is -2.17. The number of imidazole rings is 1. The molecule has 25 heavy (non-hydrogen) atoms. The summed E-state index contributed by atoms with van der Waals surface area (Å²) in [4.78, 5) is 10.2. The first kappa shape index (κ1) is 17.5. The fourth-order valence-electron chi connectivity index (χ4n) is 2.79. The summed E-state index contributed by atoms with van der Waals surface area (Å²) in [5.74, 6) is 2.24. The van der Waals surface area contributed by atoms with Crippen molar-refractivity contribution in [3.05, 3.63) is 41.5 Å². The van der Waals surface area contributed by atoms with Crippen molar-refractivity contribution < 1.29 is 9.47 Å². The van der Waals surface area contributed by atoms with Gasteiger partial charge in [0.25, 0.3) is 0 Å². The standard InChI is InChI=1S/C19H23N3O2S/c1-12-6-7-16(22(2)3)13(8-12)11-25-19-20-14-9-17(23-4)18(24-5)10-15(14)21-19/h6-10H,11H2,1-5H3,(H,20,21). The zero-order valence-electron chi connectivity index (χ0n) is 15.2. The second kappa shape index (κ2) is 7.27. The van der Waals surface area contributed by atoms with Crippen LogP contribution in [0.3, 0.4) is 0 Å². The van der Waals surface area contributed by atoms with Crippen molar-refractivity contribution in [1.82, 2.24) is 9.97 Å². The van der Waals surface area contributed by atoms with Crippen LogP contribution in [0.4, 0.5) is 5.69 Å². The summed E-state index contributed by atoms with van der Waals surface area (Å²) in [5.41, 5.74) is 5.61. The summed E-state index contributed by atoms with van der Waals surface area (Å²) in [6.07, 6.45) is 0. The van der Waals surface area contributed by atoms with E-state index in [1.54, 1.807) is 26.0 Å². The van der Waals surface area contributed by atoms with E-state index in [2.05, 4.69) is 54.1 Å². The van der Waals surface area contributed by atoms with Crippen LogP contribution in [-0.2, 0) is 5.75 Å². The van der Waals surface area contributed by atoms with Crippen LogP contribution < -0.4 is 14.4 Å². The number of benzene rings is 2. The molecule has 1 aromatic heterocycles. The highest BCUT2D eigenvalue weighted by molar-refractivity contribution is 7.98. The van der Waals surface area contributed by atoms with E-state index >= 15 is 0 Å². The smallest absolute Gasteiger partial charge is 0.166 e. The van der Waals surface area contributed by atoms with Crippen molar-refractivity contribution >= 4 is 28.5 Å². The van der Waals surface area contributed by atoms with E-state index in [-0.39, 0.29) is 0 Å². The maximum absolute atomic E-state index is 5.35. The van der Waals surface area contributed by atoms with E-state index < -0.39 is 0 Å². The Kier molecular flexibility index (Phi) is 5.08. The van der Waals surface area contributed by atoms with Crippen LogP contribution in [0.15, 0.2) is 35.5 Å². The zero-order valence-corrected chi connectivity index (χ0v) is 16.0. The molecule has 0 radical (unpaired) electrons. The van der Waals surface area contributed by atoms with Gasteiger partial charge in [0.2, 0.25) is 0 Å². The fourth-order valence-corrected chi connectivity index (χ4v) is 3.66. The first-order valence-electron chi connectivity index (χ1n) is 8.03. The molecule has 5 nitrogen and oxygen atoms in total. The van der Waals surface area contributed by atoms with E-state index in [0.717, 1.165) is 21.9 Å². The molecule has 0 aliphatic heterocycles. The zero-order chi connectivity index (χ0) is 18.0. The fraction of sp³-hybridized carbons (Fsp3) is 0.316. The largest absolute Gasteiger partial charge is 0.493 e. The minimum Gasteiger partial charge on any atom is -0.493 e. The van der Waals surface area contributed by atoms with E-state index in [4.69, 9.17) is 9.47 Å². The summed E-state index contributed by atoms with van der Waals surface area (Å²) < 4.78 is 10.7. The van der Waals surface area contributed by atoms with Gasteiger partial charge in [0.15, 0.2) is 16.7 Å². The molecule has 0 atom stereocenters. The highest BCUT2D eigenvalue weighted by atomic mass is 32.2. The van der Waals surface area contributed by atoms with Gasteiger partial charge in [0.1, 0.15) is 0 Å². The average Bonchev–Trinajstić information content (AvgIpc) is 3.00. The minimum absolute atomic E-state index is 0.687. The average molecular weight is 357 g/mol. The molecule has 3 aromatic rings. The van der Waals surface area contributed by atoms with Crippen molar-refractivity contribution in [1.29, 1.82) is 0 Å². The van der Waals surface area contributed by atoms with Crippen LogP contribution in [0.2, 0.25) is 0 Å². The molecule has 132 valence electrons. The van der Waals surface area contributed by atoms with Gasteiger partial charge in [-0.3, -0.25) is 0 Å². The summed E-state index contributed by atoms with van der Waals surface area (Å²) in [7, 11) is 7.40. The maximum Gasteiger partial charge on any atom is 0.166 e. The van der Waals surface area contributed by atoms with Crippen LogP contribution in [0.25, 0.3) is 11.0 Å². The molecule has 0 spiro atoms. The number of aromatic amines is 1. The van der Waals surface area contributed by atoms with Crippen molar-refractivity contribution in [3.8, 4) is 11.5 Å². The Labute approximate surface area is 152 Å². The topological polar surface area (TPSA) is 50.4 Å². The number of thioether (sulfide) groups is 1. The number of aromatic nitrogens is 2. The monoisotopic (exact) mass is 357 g/mol. The highest BCUT2D eigenvalue weighted by Gasteiger charge is 2.12. The highest BCUT2D eigenvalue weighted by Crippen LogP contribution is 2.33. The summed E-state index contributed by atoms with van der Waals surface area (Å²) in [5, 5.41) is 0.886. The molecule has 0 aliphatic carbocycles. The molecule has 0 unspecified atom stereocenters. The molecular weight excluding hydrogens is 334 g/mol. The molecule has 0 bridgehead atoms. The van der Waals surface area contributed by atoms with Crippen molar-refractivity contribution in [2.75, 3.05) is 33.2 Å². The molecule has 1 heterocycles. The normalized spacial score (nSPS) is 10.9. The second-order valence-electron chi connectivity index (χ2n) is 6.08. The first-order chi connectivity index (χ1) is 12.0. The van der Waals surface area contributed by atoms with Gasteiger partial charge in [-0.05, 0) is 18.6 Å². The van der Waals surface area contributed by atoms with E-state index in [0.29, 0.717) is 11.5 Å². The number of hydrogen-bond donors (Lipinski definition) is 1. The number of nitrogens with one attached hydrogen (secondary N) is 1. The van der Waals surface area contributed by atoms with Gasteiger partial charge in [-0.1, -0.05) is 29.5 Å². The minimum atomic E-state index is 0.687. The van der Waals surface area contributed by atoms with E-state index in [1.807, 2.05) is 12.1 Å². The molecule has 0 saturated carbocycles. The SMILES string of the molecule is COc1cc2nc(SCc3cc(C)ccc3N(C)C)[nH]c2cc1OC. The molecule has 0 aliphatic rings. The summed E-state index contributed by atoms with van der Waals surface area (Å²) in [6.45, 7) is 2.12. The Hall–Kier alpha value is -2.34. The first-order valence-corrected chi connectivity index (χ1v) is 9.01. The van der Waals surface area contributed by atoms with Crippen molar-refractivity contribution in [2.24, 2.45) is 0 Å². The van der Waals surface area contributed by atoms with Gasteiger partial charge < -0.3 is 19.4 Å². The number of ether oxygens (including phenoxy) is 2. The summed E-state index contributed by atoms with van der Waals surface area (Å²) >= 11 is 1.69. The van der Waals surface area contributed by atoms with Gasteiger partial charge >= 0.3 is 0 Å². The predicted molar refractivity (Wildman–Crippen MR) is 104 cm³/mol. The van der Waals surface area contributed by atoms with Crippen LogP contribution in [0.5, 0.6) is 11.5 Å². The molecule has 3 rings (SSSR count). The Morgan fingerprint density at radius 2 is 1.80 bits per heavy atom. The van der Waals surface area contributed by atoms with Crippen molar-refractivity contribution in [2.45, 2.75) is 17.8 Å². The third-order valence-corrected chi connectivity index (χ3v) is 4.97. The van der Waals surface area contributed by atoms with Crippen LogP contribution in [0, 0.1) is 6.92 Å². The molecule has 0 saturated heterocycles. The molecule has 0 amide bonds. The van der Waals surface area contributed by atoms with Crippen LogP contribution >= 0.6 is 11.8 Å². The van der Waals surface area contributed by atoms with Gasteiger partial charge in [-0.25, -0.2) is 4.98 Å². The quantitative estimate of drug-likeness (QED) is 0.669. The Balaban J connectivity index is 1.86. The molecule has 2 aromatic carbocycles. The lowest BCUT2D eigenvalue weighted by atomic mass is 10.1. The number of H-pyrrole nitrogens is 1. The van der Waals surface area contributed by atoms with Gasteiger partial charge in [-0.2, -0.15) is 0 Å². The molecule has 0 fully saturated rings. The molecule has 6 heteroatoms. The van der Waals surface area contributed by atoms with Gasteiger partial charge in [0, 0.05) is 37.7 Å². The van der Waals surface area contributed by atoms with Gasteiger partial charge in [0.05, 0.1) is 25.3 Å². The lowest BCUT2D eigenvalue weighted by Crippen LogP contribution is -2.11. The van der Waals surface area contributed by atoms with Crippen molar-refractivity contribution in [3.63, 3.8) is 0 Å². The number of anilines is 1. The Morgan fingerprint density at radius 1 is 1.08 bits per heavy atom. The van der Waals surface area contributed by atoms with Crippen LogP contribution in [-0.4, -0.2) is 38.3 Å². The Morgan fingerprint density at radius 3 is 2.48 bits per heavy atom.